The number of ketones is 1. The second-order valence-corrected chi connectivity index (χ2v) is 10.1. The van der Waals surface area contributed by atoms with E-state index in [2.05, 4.69) is 39.9 Å². The molecule has 0 bridgehead atoms. The van der Waals surface area contributed by atoms with Crippen LogP contribution in [-0.2, 0) is 5.54 Å². The Morgan fingerprint density at radius 2 is 1.85 bits per heavy atom. The number of benzene rings is 2. The zero-order valence-corrected chi connectivity index (χ0v) is 19.5. The highest BCUT2D eigenvalue weighted by Gasteiger charge is 2.84. The number of hydrogen-bond donors (Lipinski definition) is 0. The van der Waals surface area contributed by atoms with Gasteiger partial charge in [0.05, 0.1) is 24.0 Å². The van der Waals surface area contributed by atoms with Gasteiger partial charge in [-0.3, -0.25) is 9.59 Å². The molecule has 34 heavy (non-hydrogen) atoms. The molecule has 1 amide bonds. The van der Waals surface area contributed by atoms with Gasteiger partial charge in [-0.05, 0) is 49.2 Å². The topological polar surface area (TPSA) is 54.8 Å². The summed E-state index contributed by atoms with van der Waals surface area (Å²) in [5.41, 5.74) is 5.13. The number of carbonyl (C=O) groups is 2. The Hall–Kier alpha value is -3.54. The molecule has 3 unspecified atom stereocenters. The van der Waals surface area contributed by atoms with Crippen molar-refractivity contribution in [3.63, 3.8) is 0 Å². The van der Waals surface area contributed by atoms with E-state index in [1.165, 1.54) is 17.1 Å². The van der Waals surface area contributed by atoms with Gasteiger partial charge in [0.15, 0.2) is 5.78 Å². The van der Waals surface area contributed by atoms with Crippen LogP contribution >= 0.6 is 0 Å². The van der Waals surface area contributed by atoms with Crippen LogP contribution in [0, 0.1) is 5.41 Å². The summed E-state index contributed by atoms with van der Waals surface area (Å²) in [6.07, 6.45) is 4.64. The number of piperidine rings is 1. The molecule has 6 nitrogen and oxygen atoms in total. The summed E-state index contributed by atoms with van der Waals surface area (Å²) in [7, 11) is 1.72. The fourth-order valence-electron chi connectivity index (χ4n) is 7.09. The summed E-state index contributed by atoms with van der Waals surface area (Å²) in [5.74, 6) is 1.04. The first-order valence-electron chi connectivity index (χ1n) is 12.1. The number of nitrogens with zero attached hydrogens (tertiary/aromatic N) is 3. The smallest absolute Gasteiger partial charge is 0.253 e. The number of hydrogen-bond acceptors (Lipinski definition) is 4. The molecular weight excluding hydrogens is 426 g/mol. The maximum atomic E-state index is 13.4. The van der Waals surface area contributed by atoms with Crippen molar-refractivity contribution in [2.75, 3.05) is 25.1 Å². The summed E-state index contributed by atoms with van der Waals surface area (Å²) in [6, 6.07) is 18.4. The molecule has 3 aromatic rings. The van der Waals surface area contributed by atoms with Crippen molar-refractivity contribution < 1.29 is 14.3 Å². The van der Waals surface area contributed by atoms with Gasteiger partial charge in [0.25, 0.3) is 5.91 Å². The van der Waals surface area contributed by atoms with Crippen molar-refractivity contribution >= 4 is 17.4 Å². The maximum absolute atomic E-state index is 13.4. The lowest BCUT2D eigenvalue weighted by molar-refractivity contribution is 0.0133. The molecule has 3 atom stereocenters. The second kappa shape index (κ2) is 6.53. The van der Waals surface area contributed by atoms with Crippen molar-refractivity contribution in [3.8, 4) is 11.4 Å². The monoisotopic (exact) mass is 453 g/mol. The van der Waals surface area contributed by atoms with E-state index < -0.39 is 0 Å². The number of carbonyl (C=O) groups excluding carboxylic acids is 2. The van der Waals surface area contributed by atoms with Crippen LogP contribution in [0.2, 0.25) is 0 Å². The molecule has 0 N–H and O–H groups in total. The lowest BCUT2D eigenvalue weighted by Crippen LogP contribution is -2.73. The highest BCUT2D eigenvalue weighted by molar-refractivity contribution is 5.99. The molecular formula is C28H27N3O3. The lowest BCUT2D eigenvalue weighted by Gasteiger charge is -2.65. The molecule has 1 aromatic heterocycles. The van der Waals surface area contributed by atoms with Crippen LogP contribution in [0.4, 0.5) is 5.69 Å². The summed E-state index contributed by atoms with van der Waals surface area (Å²) in [4.78, 5) is 30.0. The van der Waals surface area contributed by atoms with Crippen LogP contribution in [0.5, 0.6) is 5.75 Å². The van der Waals surface area contributed by atoms with Gasteiger partial charge < -0.3 is 19.1 Å². The third-order valence-electron chi connectivity index (χ3n) is 8.73. The van der Waals surface area contributed by atoms with Gasteiger partial charge in [0.1, 0.15) is 5.75 Å². The molecule has 172 valence electrons. The van der Waals surface area contributed by atoms with Crippen molar-refractivity contribution in [3.05, 3.63) is 77.6 Å². The van der Waals surface area contributed by atoms with E-state index >= 15 is 0 Å². The molecule has 4 aliphatic rings. The van der Waals surface area contributed by atoms with Gasteiger partial charge in [-0.1, -0.05) is 19.1 Å². The lowest BCUT2D eigenvalue weighted by atomic mass is 9.64. The van der Waals surface area contributed by atoms with Crippen molar-refractivity contribution in [1.29, 1.82) is 0 Å². The minimum Gasteiger partial charge on any atom is -0.497 e. The number of fused-ring (bicyclic) bond motifs is 5. The molecule has 0 radical (unpaired) electrons. The van der Waals surface area contributed by atoms with Gasteiger partial charge in [0, 0.05) is 60.1 Å². The van der Waals surface area contributed by atoms with Crippen molar-refractivity contribution in [1.82, 2.24) is 9.47 Å². The largest absolute Gasteiger partial charge is 0.497 e. The van der Waals surface area contributed by atoms with Crippen molar-refractivity contribution in [2.24, 2.45) is 5.41 Å². The first kappa shape index (κ1) is 19.9. The van der Waals surface area contributed by atoms with E-state index in [1.54, 1.807) is 31.4 Å². The van der Waals surface area contributed by atoms with Gasteiger partial charge in [0.2, 0.25) is 0 Å². The van der Waals surface area contributed by atoms with Gasteiger partial charge in [-0.25, -0.2) is 0 Å². The summed E-state index contributed by atoms with van der Waals surface area (Å²) in [5, 5.41) is 0. The van der Waals surface area contributed by atoms with Crippen LogP contribution in [0.15, 0.2) is 60.8 Å². The zero-order valence-electron chi connectivity index (χ0n) is 19.5. The van der Waals surface area contributed by atoms with Gasteiger partial charge >= 0.3 is 0 Å². The first-order valence-corrected chi connectivity index (χ1v) is 12.1. The minimum atomic E-state index is -0.0747. The SMILES string of the molecule is CCC(=O)c1ccc(C(=O)N2CCC34c5cccn5-c5ccc(OC)cc5N3C3CC34C2)cc1. The van der Waals surface area contributed by atoms with Crippen LogP contribution in [0.1, 0.15) is 52.6 Å². The third kappa shape index (κ3) is 2.21. The molecule has 2 saturated heterocycles. The Labute approximate surface area is 198 Å². The number of Topliss-reactive ketones (excluding diaryl/α,β-unsaturated/α-hetero) is 1. The average Bonchev–Trinajstić information content (AvgIpc) is 3.24. The van der Waals surface area contributed by atoms with Crippen LogP contribution in [-0.4, -0.2) is 47.4 Å². The number of likely N-dealkylation sites (tertiary alicyclic amines) is 1. The highest BCUT2D eigenvalue weighted by atomic mass is 16.5. The van der Waals surface area contributed by atoms with Crippen LogP contribution < -0.4 is 9.64 Å². The standard InChI is InChI=1S/C28H27N3O3/c1-3-23(32)18-6-8-19(9-7-18)26(33)29-14-12-28-24-5-4-13-30(24)21-11-10-20(34-2)15-22(21)31(28)25-16-27(25,28)17-29/h4-11,13,15,25H,3,12,14,16-17H2,1-2H3. The molecule has 6 heteroatoms. The number of aromatic nitrogens is 1. The molecule has 3 aliphatic heterocycles. The molecule has 7 rings (SSSR count). The van der Waals surface area contributed by atoms with E-state index in [0.29, 0.717) is 30.1 Å². The van der Waals surface area contributed by atoms with E-state index in [9.17, 15) is 9.59 Å². The normalized spacial score (nSPS) is 27.4. The minimum absolute atomic E-state index is 0.0667. The van der Waals surface area contributed by atoms with Gasteiger partial charge in [-0.2, -0.15) is 0 Å². The number of amides is 1. The quantitative estimate of drug-likeness (QED) is 0.549. The molecule has 2 spiro atoms. The Morgan fingerprint density at radius 1 is 1.06 bits per heavy atom. The number of methoxy groups -OCH3 is 1. The molecule has 1 saturated carbocycles. The summed E-state index contributed by atoms with van der Waals surface area (Å²) in [6.45, 7) is 3.34. The van der Waals surface area contributed by atoms with E-state index in [4.69, 9.17) is 4.74 Å². The Balaban J connectivity index is 1.22. The van der Waals surface area contributed by atoms with E-state index in [0.717, 1.165) is 25.1 Å². The Bertz CT molecular complexity index is 1360. The molecule has 4 heterocycles. The number of ether oxygens (including phenoxy) is 1. The average molecular weight is 454 g/mol. The van der Waals surface area contributed by atoms with E-state index in [1.807, 2.05) is 17.9 Å². The summed E-state index contributed by atoms with van der Waals surface area (Å²) >= 11 is 0. The Morgan fingerprint density at radius 3 is 2.62 bits per heavy atom. The Kier molecular flexibility index (Phi) is 3.82. The van der Waals surface area contributed by atoms with Gasteiger partial charge in [-0.15, -0.1) is 0 Å². The zero-order chi connectivity index (χ0) is 23.2. The molecule has 2 aromatic carbocycles. The first-order chi connectivity index (χ1) is 16.5. The van der Waals surface area contributed by atoms with Crippen LogP contribution in [0.25, 0.3) is 5.69 Å². The maximum Gasteiger partial charge on any atom is 0.253 e. The third-order valence-corrected chi connectivity index (χ3v) is 8.73. The fourth-order valence-corrected chi connectivity index (χ4v) is 7.09. The highest BCUT2D eigenvalue weighted by Crippen LogP contribution is 2.78. The predicted molar refractivity (Wildman–Crippen MR) is 129 cm³/mol. The second-order valence-electron chi connectivity index (χ2n) is 10.1. The molecule has 1 aliphatic carbocycles. The fraction of sp³-hybridized carbons (Fsp3) is 0.357. The predicted octanol–water partition coefficient (Wildman–Crippen LogP) is 4.41. The molecule has 3 fully saturated rings. The van der Waals surface area contributed by atoms with Crippen LogP contribution in [0.3, 0.4) is 0 Å². The van der Waals surface area contributed by atoms with E-state index in [-0.39, 0.29) is 22.6 Å². The number of rotatable bonds is 4. The van der Waals surface area contributed by atoms with Crippen molar-refractivity contribution in [2.45, 2.75) is 37.8 Å². The number of anilines is 1. The summed E-state index contributed by atoms with van der Waals surface area (Å²) < 4.78 is 7.89.